The predicted octanol–water partition coefficient (Wildman–Crippen LogP) is 2.53. The van der Waals surface area contributed by atoms with Gasteiger partial charge in [-0.15, -0.1) is 0 Å². The van der Waals surface area contributed by atoms with Crippen LogP contribution in [0.5, 0.6) is 0 Å². The summed E-state index contributed by atoms with van der Waals surface area (Å²) in [4.78, 5) is 2.65. The number of benzene rings is 1. The van der Waals surface area contributed by atoms with E-state index in [2.05, 4.69) is 35.2 Å². The number of nitrogens with zero attached hydrogens (tertiary/aromatic N) is 1. The van der Waals surface area contributed by atoms with Crippen LogP contribution in [0.4, 0.5) is 0 Å². The van der Waals surface area contributed by atoms with Crippen molar-refractivity contribution < 1.29 is 0 Å². The van der Waals surface area contributed by atoms with Crippen molar-refractivity contribution in [2.24, 2.45) is 5.73 Å². The van der Waals surface area contributed by atoms with E-state index in [0.29, 0.717) is 11.6 Å². The molecule has 1 aliphatic carbocycles. The van der Waals surface area contributed by atoms with Gasteiger partial charge >= 0.3 is 0 Å². The Kier molecular flexibility index (Phi) is 2.93. The van der Waals surface area contributed by atoms with E-state index in [1.165, 1.54) is 37.7 Å². The van der Waals surface area contributed by atoms with Crippen LogP contribution < -0.4 is 5.73 Å². The Balaban J connectivity index is 1.77. The number of likely N-dealkylation sites (tertiary alicyclic amines) is 1. The second-order valence-electron chi connectivity index (χ2n) is 5.76. The van der Waals surface area contributed by atoms with E-state index in [1.54, 1.807) is 0 Å². The lowest BCUT2D eigenvalue weighted by atomic mass is 9.93. The fourth-order valence-electron chi connectivity index (χ4n) is 3.75. The minimum atomic E-state index is 0.386. The molecular weight excluding hydrogens is 208 g/mol. The van der Waals surface area contributed by atoms with Crippen molar-refractivity contribution in [3.8, 4) is 0 Å². The van der Waals surface area contributed by atoms with Gasteiger partial charge in [0.05, 0.1) is 0 Å². The summed E-state index contributed by atoms with van der Waals surface area (Å²) in [7, 11) is 0. The summed E-state index contributed by atoms with van der Waals surface area (Å²) in [6.45, 7) is 2.16. The summed E-state index contributed by atoms with van der Waals surface area (Å²) >= 11 is 0. The van der Waals surface area contributed by atoms with Gasteiger partial charge in [-0.1, -0.05) is 43.2 Å². The van der Waals surface area contributed by atoms with Crippen LogP contribution in [0.15, 0.2) is 30.3 Å². The van der Waals surface area contributed by atoms with Crippen molar-refractivity contribution in [1.82, 2.24) is 4.90 Å². The maximum absolute atomic E-state index is 6.19. The molecule has 0 aromatic heterocycles. The van der Waals surface area contributed by atoms with Gasteiger partial charge in [-0.25, -0.2) is 0 Å². The maximum Gasteiger partial charge on any atom is 0.0239 e. The van der Waals surface area contributed by atoms with Crippen LogP contribution in [0.1, 0.15) is 37.7 Å². The van der Waals surface area contributed by atoms with Crippen LogP contribution in [0, 0.1) is 0 Å². The molecule has 1 unspecified atom stereocenters. The van der Waals surface area contributed by atoms with Gasteiger partial charge in [-0.05, 0) is 24.8 Å². The van der Waals surface area contributed by atoms with Crippen molar-refractivity contribution in [3.63, 3.8) is 0 Å². The number of hydrogen-bond acceptors (Lipinski definition) is 2. The van der Waals surface area contributed by atoms with E-state index in [9.17, 15) is 0 Å². The van der Waals surface area contributed by atoms with Crippen LogP contribution >= 0.6 is 0 Å². The third-order valence-electron chi connectivity index (χ3n) is 4.52. The van der Waals surface area contributed by atoms with Crippen LogP contribution in [-0.2, 0) is 6.54 Å². The van der Waals surface area contributed by atoms with Crippen LogP contribution in [0.2, 0.25) is 0 Å². The van der Waals surface area contributed by atoms with Crippen LogP contribution in [-0.4, -0.2) is 23.0 Å². The van der Waals surface area contributed by atoms with Gasteiger partial charge in [0.1, 0.15) is 0 Å². The van der Waals surface area contributed by atoms with E-state index in [-0.39, 0.29) is 0 Å². The number of rotatable bonds is 2. The minimum Gasteiger partial charge on any atom is -0.326 e. The summed E-state index contributed by atoms with van der Waals surface area (Å²) in [5.74, 6) is 0. The molecule has 2 aliphatic rings. The van der Waals surface area contributed by atoms with Gasteiger partial charge in [-0.3, -0.25) is 4.90 Å². The molecule has 3 rings (SSSR count). The SMILES string of the molecule is NC1CN(Cc2ccccc2)C2(CCCC2)C1. The molecule has 0 bridgehead atoms. The van der Waals surface area contributed by atoms with E-state index >= 15 is 0 Å². The number of hydrogen-bond donors (Lipinski definition) is 1. The molecule has 1 aromatic carbocycles. The van der Waals surface area contributed by atoms with Gasteiger partial charge in [0.15, 0.2) is 0 Å². The fraction of sp³-hybridized carbons (Fsp3) is 0.600. The molecule has 0 radical (unpaired) electrons. The summed E-state index contributed by atoms with van der Waals surface area (Å²) in [5, 5.41) is 0. The molecule has 1 atom stereocenters. The van der Waals surface area contributed by atoms with Crippen molar-refractivity contribution in [1.29, 1.82) is 0 Å². The second-order valence-corrected chi connectivity index (χ2v) is 5.76. The summed E-state index contributed by atoms with van der Waals surface area (Å²) in [5.41, 5.74) is 8.06. The van der Waals surface area contributed by atoms with Crippen molar-refractivity contribution in [2.45, 2.75) is 50.2 Å². The maximum atomic E-state index is 6.19. The molecule has 17 heavy (non-hydrogen) atoms. The molecule has 1 saturated heterocycles. The monoisotopic (exact) mass is 230 g/mol. The highest BCUT2D eigenvalue weighted by Crippen LogP contribution is 2.43. The molecule has 2 N–H and O–H groups in total. The zero-order chi connectivity index (χ0) is 11.7. The Morgan fingerprint density at radius 2 is 1.88 bits per heavy atom. The normalized spacial score (nSPS) is 27.9. The highest BCUT2D eigenvalue weighted by atomic mass is 15.2. The molecule has 2 heteroatoms. The van der Waals surface area contributed by atoms with Gasteiger partial charge < -0.3 is 5.73 Å². The fourth-order valence-corrected chi connectivity index (χ4v) is 3.75. The molecule has 0 amide bonds. The average molecular weight is 230 g/mol. The molecule has 92 valence electrons. The molecule has 1 aliphatic heterocycles. The smallest absolute Gasteiger partial charge is 0.0239 e. The van der Waals surface area contributed by atoms with Crippen molar-refractivity contribution in [3.05, 3.63) is 35.9 Å². The molecule has 1 aromatic rings. The van der Waals surface area contributed by atoms with Crippen molar-refractivity contribution in [2.75, 3.05) is 6.54 Å². The van der Waals surface area contributed by atoms with E-state index in [0.717, 1.165) is 13.1 Å². The minimum absolute atomic E-state index is 0.386. The average Bonchev–Trinajstić information content (AvgIpc) is 2.90. The van der Waals surface area contributed by atoms with Gasteiger partial charge in [0.25, 0.3) is 0 Å². The Hall–Kier alpha value is -0.860. The lowest BCUT2D eigenvalue weighted by molar-refractivity contribution is 0.135. The highest BCUT2D eigenvalue weighted by Gasteiger charge is 2.45. The first-order valence-corrected chi connectivity index (χ1v) is 6.83. The molecule has 1 spiro atoms. The number of nitrogens with two attached hydrogens (primary N) is 1. The first-order chi connectivity index (χ1) is 8.28. The Bertz CT molecular complexity index is 368. The first-order valence-electron chi connectivity index (χ1n) is 6.83. The van der Waals surface area contributed by atoms with Crippen LogP contribution in [0.3, 0.4) is 0 Å². The Labute approximate surface area is 104 Å². The topological polar surface area (TPSA) is 29.3 Å². The molecule has 2 fully saturated rings. The molecule has 1 heterocycles. The predicted molar refractivity (Wildman–Crippen MR) is 70.6 cm³/mol. The van der Waals surface area contributed by atoms with Gasteiger partial charge in [0.2, 0.25) is 0 Å². The van der Waals surface area contributed by atoms with E-state index < -0.39 is 0 Å². The summed E-state index contributed by atoms with van der Waals surface area (Å²) in [6, 6.07) is 11.2. The second kappa shape index (κ2) is 4.43. The Morgan fingerprint density at radius 3 is 2.59 bits per heavy atom. The third-order valence-corrected chi connectivity index (χ3v) is 4.52. The zero-order valence-electron chi connectivity index (χ0n) is 10.4. The molecule has 2 nitrogen and oxygen atoms in total. The zero-order valence-corrected chi connectivity index (χ0v) is 10.4. The van der Waals surface area contributed by atoms with Gasteiger partial charge in [-0.2, -0.15) is 0 Å². The quantitative estimate of drug-likeness (QED) is 0.846. The molecule has 1 saturated carbocycles. The third kappa shape index (κ3) is 2.12. The van der Waals surface area contributed by atoms with E-state index in [4.69, 9.17) is 5.73 Å². The highest BCUT2D eigenvalue weighted by molar-refractivity contribution is 5.16. The molecular formula is C15H22N2. The lowest BCUT2D eigenvalue weighted by Crippen LogP contribution is -2.40. The Morgan fingerprint density at radius 1 is 1.18 bits per heavy atom. The summed E-state index contributed by atoms with van der Waals surface area (Å²) in [6.07, 6.45) is 6.69. The summed E-state index contributed by atoms with van der Waals surface area (Å²) < 4.78 is 0. The standard InChI is InChI=1S/C15H22N2/c16-14-10-15(8-4-5-9-15)17(12-14)11-13-6-2-1-3-7-13/h1-3,6-7,14H,4-5,8-12,16H2. The van der Waals surface area contributed by atoms with E-state index in [1.807, 2.05) is 0 Å². The largest absolute Gasteiger partial charge is 0.326 e. The first kappa shape index (κ1) is 11.2. The van der Waals surface area contributed by atoms with Gasteiger partial charge in [0, 0.05) is 24.7 Å². The van der Waals surface area contributed by atoms with Crippen LogP contribution in [0.25, 0.3) is 0 Å². The lowest BCUT2D eigenvalue weighted by Gasteiger charge is -2.35. The van der Waals surface area contributed by atoms with Crippen molar-refractivity contribution >= 4 is 0 Å².